The van der Waals surface area contributed by atoms with E-state index in [4.69, 9.17) is 4.74 Å². The molecule has 27 heavy (non-hydrogen) atoms. The van der Waals surface area contributed by atoms with Gasteiger partial charge in [0.1, 0.15) is 5.25 Å². The molecule has 2 atom stereocenters. The molecule has 0 aliphatic carbocycles. The molecule has 0 saturated carbocycles. The number of ether oxygens (including phenoxy) is 1. The molecule has 2 aliphatic rings. The van der Waals surface area contributed by atoms with Crippen LogP contribution in [0.1, 0.15) is 19.3 Å². The summed E-state index contributed by atoms with van der Waals surface area (Å²) in [4.78, 5) is 28.9. The van der Waals surface area contributed by atoms with E-state index in [2.05, 4.69) is 15.6 Å². The van der Waals surface area contributed by atoms with E-state index in [9.17, 15) is 9.59 Å². The fourth-order valence-electron chi connectivity index (χ4n) is 3.24. The number of rotatable bonds is 5. The quantitative estimate of drug-likeness (QED) is 0.832. The maximum Gasteiger partial charge on any atom is 0.240 e. The molecule has 0 bridgehead atoms. The number of aliphatic imine (C=N–C) groups is 1. The van der Waals surface area contributed by atoms with Crippen molar-refractivity contribution >= 4 is 45.2 Å². The van der Waals surface area contributed by atoms with E-state index in [-0.39, 0.29) is 24.3 Å². The molecule has 0 aromatic heterocycles. The van der Waals surface area contributed by atoms with Crippen LogP contribution in [0.2, 0.25) is 0 Å². The Hall–Kier alpha value is -2.38. The van der Waals surface area contributed by atoms with Crippen LogP contribution in [0.4, 0.5) is 5.69 Å². The Morgan fingerprint density at radius 3 is 2.93 bits per heavy atom. The van der Waals surface area contributed by atoms with Crippen LogP contribution in [0.3, 0.4) is 0 Å². The second-order valence-electron chi connectivity index (χ2n) is 6.69. The van der Waals surface area contributed by atoms with Crippen LogP contribution in [0, 0.1) is 0 Å². The summed E-state index contributed by atoms with van der Waals surface area (Å²) in [5, 5.41) is 7.95. The van der Waals surface area contributed by atoms with E-state index >= 15 is 0 Å². The highest BCUT2D eigenvalue weighted by Crippen LogP contribution is 2.24. The highest BCUT2D eigenvalue weighted by Gasteiger charge is 2.32. The molecule has 2 aliphatic heterocycles. The fraction of sp³-hybridized carbons (Fsp3) is 0.350. The Morgan fingerprint density at radius 1 is 1.26 bits per heavy atom. The molecule has 0 unspecified atom stereocenters. The molecule has 140 valence electrons. The maximum absolute atomic E-state index is 12.4. The van der Waals surface area contributed by atoms with Crippen molar-refractivity contribution in [2.45, 2.75) is 30.6 Å². The predicted molar refractivity (Wildman–Crippen MR) is 108 cm³/mol. The Labute approximate surface area is 161 Å². The summed E-state index contributed by atoms with van der Waals surface area (Å²) in [6, 6.07) is 13.7. The number of amides is 2. The highest BCUT2D eigenvalue weighted by atomic mass is 32.2. The predicted octanol–water partition coefficient (Wildman–Crippen LogP) is 2.94. The van der Waals surface area contributed by atoms with Crippen molar-refractivity contribution in [1.82, 2.24) is 5.32 Å². The van der Waals surface area contributed by atoms with E-state index in [1.54, 1.807) is 0 Å². The highest BCUT2D eigenvalue weighted by molar-refractivity contribution is 8.15. The second kappa shape index (κ2) is 8.10. The lowest BCUT2D eigenvalue weighted by Gasteiger charge is -2.08. The van der Waals surface area contributed by atoms with Crippen LogP contribution in [0.5, 0.6) is 0 Å². The smallest absolute Gasteiger partial charge is 0.240 e. The molecular weight excluding hydrogens is 362 g/mol. The molecule has 2 saturated heterocycles. The van der Waals surface area contributed by atoms with Gasteiger partial charge in [-0.3, -0.25) is 14.6 Å². The second-order valence-corrected chi connectivity index (χ2v) is 7.88. The van der Waals surface area contributed by atoms with Crippen molar-refractivity contribution in [3.63, 3.8) is 0 Å². The third-order valence-electron chi connectivity index (χ3n) is 4.64. The van der Waals surface area contributed by atoms with Gasteiger partial charge in [0.05, 0.1) is 12.6 Å². The monoisotopic (exact) mass is 383 g/mol. The van der Waals surface area contributed by atoms with E-state index < -0.39 is 5.25 Å². The van der Waals surface area contributed by atoms with Gasteiger partial charge >= 0.3 is 0 Å². The van der Waals surface area contributed by atoms with Crippen molar-refractivity contribution in [1.29, 1.82) is 0 Å². The lowest BCUT2D eigenvalue weighted by Crippen LogP contribution is -2.28. The zero-order valence-electron chi connectivity index (χ0n) is 14.8. The van der Waals surface area contributed by atoms with Crippen LogP contribution in [-0.4, -0.2) is 41.5 Å². The van der Waals surface area contributed by atoms with E-state index in [1.165, 1.54) is 11.8 Å². The van der Waals surface area contributed by atoms with Crippen molar-refractivity contribution in [3.8, 4) is 0 Å². The lowest BCUT2D eigenvalue weighted by molar-refractivity contribution is -0.122. The number of nitrogens with one attached hydrogen (secondary N) is 2. The van der Waals surface area contributed by atoms with Gasteiger partial charge < -0.3 is 15.4 Å². The summed E-state index contributed by atoms with van der Waals surface area (Å²) < 4.78 is 5.53. The van der Waals surface area contributed by atoms with Gasteiger partial charge in [-0.15, -0.1) is 0 Å². The Morgan fingerprint density at radius 2 is 2.11 bits per heavy atom. The molecule has 2 aromatic rings. The standard InChI is InChI=1S/C20H21N3O3S/c24-18(22-15-8-7-13-4-1-2-5-14(13)10-15)11-17-19(25)23-20(27-17)21-12-16-6-3-9-26-16/h1-2,4-5,7-8,10,16-17H,3,6,9,11-12H2,(H,22,24)(H,21,23,25)/t16-,17+/m1/s1. The van der Waals surface area contributed by atoms with Gasteiger partial charge in [0.25, 0.3) is 0 Å². The molecule has 6 nitrogen and oxygen atoms in total. The van der Waals surface area contributed by atoms with Gasteiger partial charge in [-0.2, -0.15) is 0 Å². The van der Waals surface area contributed by atoms with Gasteiger partial charge in [-0.05, 0) is 35.7 Å². The molecule has 2 aromatic carbocycles. The summed E-state index contributed by atoms with van der Waals surface area (Å²) in [5.41, 5.74) is 0.731. The number of carbonyl (C=O) groups excluding carboxylic acids is 2. The number of benzene rings is 2. The molecular formula is C20H21N3O3S. The summed E-state index contributed by atoms with van der Waals surface area (Å²) in [5.74, 6) is -0.349. The minimum Gasteiger partial charge on any atom is -0.376 e. The maximum atomic E-state index is 12.4. The number of thioether (sulfide) groups is 1. The molecule has 4 rings (SSSR count). The first kappa shape index (κ1) is 18.0. The molecule has 0 radical (unpaired) electrons. The summed E-state index contributed by atoms with van der Waals surface area (Å²) in [7, 11) is 0. The average Bonchev–Trinajstić information content (AvgIpc) is 3.30. The first-order valence-electron chi connectivity index (χ1n) is 9.09. The molecule has 2 N–H and O–H groups in total. The van der Waals surface area contributed by atoms with Crippen LogP contribution in [0.25, 0.3) is 10.8 Å². The van der Waals surface area contributed by atoms with E-state index in [0.717, 1.165) is 35.9 Å². The number of nitrogens with zero attached hydrogens (tertiary/aromatic N) is 1. The largest absolute Gasteiger partial charge is 0.376 e. The van der Waals surface area contributed by atoms with Gasteiger partial charge in [0.2, 0.25) is 11.8 Å². The Bertz CT molecular complexity index is 893. The number of hydrogen-bond donors (Lipinski definition) is 2. The molecule has 2 heterocycles. The van der Waals surface area contributed by atoms with Crippen molar-refractivity contribution < 1.29 is 14.3 Å². The minimum atomic E-state index is -0.450. The third kappa shape index (κ3) is 4.48. The van der Waals surface area contributed by atoms with Gasteiger partial charge in [-0.25, -0.2) is 0 Å². The van der Waals surface area contributed by atoms with E-state index in [1.807, 2.05) is 42.5 Å². The van der Waals surface area contributed by atoms with E-state index in [0.29, 0.717) is 11.7 Å². The Balaban J connectivity index is 1.33. The number of hydrogen-bond acceptors (Lipinski definition) is 5. The van der Waals surface area contributed by atoms with Gasteiger partial charge in [-0.1, -0.05) is 42.1 Å². The van der Waals surface area contributed by atoms with Crippen LogP contribution in [0.15, 0.2) is 47.5 Å². The first-order chi connectivity index (χ1) is 13.2. The normalized spacial score (nSPS) is 23.7. The first-order valence-corrected chi connectivity index (χ1v) is 9.97. The van der Waals surface area contributed by atoms with Crippen molar-refractivity contribution in [2.24, 2.45) is 4.99 Å². The third-order valence-corrected chi connectivity index (χ3v) is 5.76. The van der Waals surface area contributed by atoms with Gasteiger partial charge in [0.15, 0.2) is 5.17 Å². The van der Waals surface area contributed by atoms with Crippen LogP contribution < -0.4 is 10.6 Å². The fourth-order valence-corrected chi connectivity index (χ4v) is 4.21. The zero-order valence-corrected chi connectivity index (χ0v) is 15.6. The lowest BCUT2D eigenvalue weighted by atomic mass is 10.1. The summed E-state index contributed by atoms with van der Waals surface area (Å²) in [6.45, 7) is 1.34. The summed E-state index contributed by atoms with van der Waals surface area (Å²) >= 11 is 1.32. The average molecular weight is 383 g/mol. The van der Waals surface area contributed by atoms with Crippen molar-refractivity contribution in [3.05, 3.63) is 42.5 Å². The van der Waals surface area contributed by atoms with Crippen LogP contribution in [-0.2, 0) is 14.3 Å². The molecule has 2 amide bonds. The van der Waals surface area contributed by atoms with Crippen molar-refractivity contribution in [2.75, 3.05) is 18.5 Å². The van der Waals surface area contributed by atoms with Gasteiger partial charge in [0, 0.05) is 18.7 Å². The number of carbonyl (C=O) groups is 2. The molecule has 7 heteroatoms. The number of anilines is 1. The number of fused-ring (bicyclic) bond motifs is 1. The Kier molecular flexibility index (Phi) is 5.40. The SMILES string of the molecule is O=C(C[C@@H]1SC(=NC[C@H]2CCCO2)NC1=O)Nc1ccc2ccccc2c1. The topological polar surface area (TPSA) is 79.8 Å². The summed E-state index contributed by atoms with van der Waals surface area (Å²) in [6.07, 6.45) is 2.33. The minimum absolute atomic E-state index is 0.113. The number of amidine groups is 1. The molecule has 2 fully saturated rings. The van der Waals surface area contributed by atoms with Crippen LogP contribution >= 0.6 is 11.8 Å². The zero-order chi connectivity index (χ0) is 18.6. The molecule has 0 spiro atoms.